The Morgan fingerprint density at radius 3 is 2.66 bits per heavy atom. The number of amides is 5. The van der Waals surface area contributed by atoms with Crippen molar-refractivity contribution < 1.29 is 33.4 Å². The Balaban J connectivity index is 1.39. The minimum atomic E-state index is -1.35. The summed E-state index contributed by atoms with van der Waals surface area (Å²) in [6.07, 6.45) is 6.78. The fraction of sp³-hybridized carbons (Fsp3) is 0.576. The molecule has 3 N–H and O–H groups in total. The lowest BCUT2D eigenvalue weighted by molar-refractivity contribution is -0.141. The summed E-state index contributed by atoms with van der Waals surface area (Å²) in [6, 6.07) is 3.34. The van der Waals surface area contributed by atoms with Gasteiger partial charge >= 0.3 is 12.2 Å². The van der Waals surface area contributed by atoms with Crippen LogP contribution in [0.2, 0.25) is 5.02 Å². The van der Waals surface area contributed by atoms with E-state index in [0.717, 1.165) is 30.4 Å². The highest BCUT2D eigenvalue weighted by atomic mass is 35.5. The van der Waals surface area contributed by atoms with Crippen molar-refractivity contribution in [3.05, 3.63) is 46.5 Å². The molecule has 1 aromatic carbocycles. The number of alkyl carbamates (subject to hydrolysis) is 1. The topological polar surface area (TPSA) is 170 Å². The Bertz CT molecular complexity index is 1500. The van der Waals surface area contributed by atoms with Gasteiger partial charge in [-0.3, -0.25) is 24.6 Å². The van der Waals surface area contributed by atoms with Gasteiger partial charge in [-0.15, -0.1) is 0 Å². The quantitative estimate of drug-likeness (QED) is 0.249. The first-order valence-corrected chi connectivity index (χ1v) is 16.4. The highest BCUT2D eigenvalue weighted by molar-refractivity contribution is 6.31. The molecule has 252 valence electrons. The molecule has 0 radical (unpaired) electrons. The van der Waals surface area contributed by atoms with Gasteiger partial charge in [-0.25, -0.2) is 9.59 Å². The number of hydrogen-bond donors (Lipinski definition) is 3. The largest absolute Gasteiger partial charge is 0.444 e. The lowest BCUT2D eigenvalue weighted by Gasteiger charge is -2.30. The number of carbonyl (C=O) groups excluding carboxylic acids is 5. The van der Waals surface area contributed by atoms with E-state index in [-0.39, 0.29) is 25.4 Å². The average Bonchev–Trinajstić information content (AvgIpc) is 3.31. The van der Waals surface area contributed by atoms with Gasteiger partial charge < -0.3 is 25.0 Å². The van der Waals surface area contributed by atoms with Crippen molar-refractivity contribution in [2.24, 2.45) is 5.92 Å². The standard InChI is InChI=1S/C33H41ClN6O7/c1-32(2,3)47-30(44)37-25-13-8-6-4-5-7-11-21-15-33(21,29(43)36-19-35)38-27(41)26-14-22(17-40(26)28(25)42)46-31(45)39-16-20-10-9-12-24(34)23(20)18-39/h7,9-12,21-22,25-26H,4-6,8,13-18H2,1-3H3,(H,36,43)(H,37,44)(H,38,41)/b11-7-/t21-,22+,25-,26?,33+/m0/s1. The van der Waals surface area contributed by atoms with Crippen LogP contribution in [0.25, 0.3) is 0 Å². The highest BCUT2D eigenvalue weighted by Gasteiger charge is 2.61. The SMILES string of the molecule is CC(C)(C)OC(=O)N[C@H]1CCCCC/C=C\[C@H]2C[C@@]2(C(=O)NC#N)NC(=O)C2C[C@@H](OC(=O)N3Cc4cccc(Cl)c4C3)CN2C1=O. The van der Waals surface area contributed by atoms with Crippen LogP contribution >= 0.6 is 11.6 Å². The number of hydrogen-bond acceptors (Lipinski definition) is 8. The van der Waals surface area contributed by atoms with Gasteiger partial charge in [0.05, 0.1) is 13.1 Å². The summed E-state index contributed by atoms with van der Waals surface area (Å²) in [5.74, 6) is -2.10. The average molecular weight is 669 g/mol. The first kappa shape index (κ1) is 34.0. The third-order valence-corrected chi connectivity index (χ3v) is 9.31. The number of nitrogens with zero attached hydrogens (tertiary/aromatic N) is 3. The van der Waals surface area contributed by atoms with Crippen LogP contribution in [0.1, 0.15) is 76.8 Å². The zero-order valence-electron chi connectivity index (χ0n) is 26.8. The van der Waals surface area contributed by atoms with Gasteiger partial charge in [0.1, 0.15) is 29.3 Å². The van der Waals surface area contributed by atoms with E-state index in [4.69, 9.17) is 26.3 Å². The summed E-state index contributed by atoms with van der Waals surface area (Å²) < 4.78 is 11.3. The molecule has 5 amide bonds. The molecule has 1 saturated carbocycles. The minimum Gasteiger partial charge on any atom is -0.444 e. The molecule has 1 aromatic rings. The van der Waals surface area contributed by atoms with Crippen molar-refractivity contribution in [2.75, 3.05) is 6.54 Å². The van der Waals surface area contributed by atoms with Gasteiger partial charge in [-0.05, 0) is 63.6 Å². The number of carbonyl (C=O) groups is 5. The molecule has 5 rings (SSSR count). The van der Waals surface area contributed by atoms with Crippen LogP contribution in [-0.2, 0) is 36.9 Å². The van der Waals surface area contributed by atoms with E-state index in [2.05, 4.69) is 16.0 Å². The molecule has 3 heterocycles. The monoisotopic (exact) mass is 668 g/mol. The fourth-order valence-electron chi connectivity index (χ4n) is 6.50. The number of ether oxygens (including phenoxy) is 2. The van der Waals surface area contributed by atoms with Crippen molar-refractivity contribution in [2.45, 2.75) is 108 Å². The van der Waals surface area contributed by atoms with Gasteiger partial charge in [0.2, 0.25) is 11.8 Å². The summed E-state index contributed by atoms with van der Waals surface area (Å²) in [5, 5.41) is 17.4. The lowest BCUT2D eigenvalue weighted by Crippen LogP contribution is -2.57. The summed E-state index contributed by atoms with van der Waals surface area (Å²) >= 11 is 6.33. The molecule has 2 fully saturated rings. The molecule has 47 heavy (non-hydrogen) atoms. The van der Waals surface area contributed by atoms with E-state index in [1.54, 1.807) is 33.0 Å². The second-order valence-electron chi connectivity index (χ2n) is 13.6. The van der Waals surface area contributed by atoms with Crippen LogP contribution in [0.5, 0.6) is 0 Å². The van der Waals surface area contributed by atoms with Gasteiger partial charge in [0.25, 0.3) is 5.91 Å². The number of halogens is 1. The Kier molecular flexibility index (Phi) is 10.0. The molecule has 14 heteroatoms. The lowest BCUT2D eigenvalue weighted by atomic mass is 10.0. The third kappa shape index (κ3) is 7.81. The van der Waals surface area contributed by atoms with Crippen LogP contribution in [0, 0.1) is 17.4 Å². The molecule has 1 unspecified atom stereocenters. The second-order valence-corrected chi connectivity index (χ2v) is 14.0. The normalized spacial score (nSPS) is 28.2. The molecular formula is C33H41ClN6O7. The zero-order chi connectivity index (χ0) is 33.9. The molecule has 0 bridgehead atoms. The number of fused-ring (bicyclic) bond motifs is 3. The van der Waals surface area contributed by atoms with E-state index < -0.39 is 59.2 Å². The molecular weight excluding hydrogens is 628 g/mol. The van der Waals surface area contributed by atoms with Crippen LogP contribution < -0.4 is 16.0 Å². The minimum absolute atomic E-state index is 0.0273. The van der Waals surface area contributed by atoms with Crippen molar-refractivity contribution in [3.63, 3.8) is 0 Å². The van der Waals surface area contributed by atoms with Gasteiger partial charge in [-0.2, -0.15) is 5.26 Å². The summed E-state index contributed by atoms with van der Waals surface area (Å²) in [4.78, 5) is 70.1. The maximum Gasteiger partial charge on any atom is 0.410 e. The Morgan fingerprint density at radius 2 is 1.94 bits per heavy atom. The fourth-order valence-corrected chi connectivity index (χ4v) is 6.76. The van der Waals surface area contributed by atoms with Crippen LogP contribution in [-0.4, -0.2) is 75.6 Å². The predicted octanol–water partition coefficient (Wildman–Crippen LogP) is 3.65. The molecule has 1 saturated heterocycles. The first-order valence-electron chi connectivity index (χ1n) is 16.0. The molecule has 0 spiro atoms. The number of allylic oxidation sites excluding steroid dienone is 1. The number of benzene rings is 1. The highest BCUT2D eigenvalue weighted by Crippen LogP contribution is 2.45. The molecule has 3 aliphatic heterocycles. The summed E-state index contributed by atoms with van der Waals surface area (Å²) in [5.41, 5.74) is -0.396. The molecule has 5 atom stereocenters. The first-order chi connectivity index (χ1) is 22.3. The Labute approximate surface area is 278 Å². The van der Waals surface area contributed by atoms with E-state index in [0.29, 0.717) is 30.8 Å². The third-order valence-electron chi connectivity index (χ3n) is 8.96. The molecule has 4 aliphatic rings. The number of rotatable bonds is 3. The zero-order valence-corrected chi connectivity index (χ0v) is 27.6. The molecule has 13 nitrogen and oxygen atoms in total. The van der Waals surface area contributed by atoms with Gasteiger partial charge in [0, 0.05) is 23.9 Å². The Morgan fingerprint density at radius 1 is 1.15 bits per heavy atom. The van der Waals surface area contributed by atoms with Crippen LogP contribution in [0.15, 0.2) is 30.4 Å². The van der Waals surface area contributed by atoms with Crippen LogP contribution in [0.3, 0.4) is 0 Å². The van der Waals surface area contributed by atoms with E-state index >= 15 is 0 Å². The van der Waals surface area contributed by atoms with Crippen molar-refractivity contribution in [1.82, 2.24) is 25.8 Å². The van der Waals surface area contributed by atoms with E-state index in [1.165, 1.54) is 9.80 Å². The molecule has 0 aromatic heterocycles. The van der Waals surface area contributed by atoms with E-state index in [1.807, 2.05) is 24.3 Å². The van der Waals surface area contributed by atoms with Crippen LogP contribution in [0.4, 0.5) is 9.59 Å². The summed E-state index contributed by atoms with van der Waals surface area (Å²) in [6.45, 7) is 5.62. The Hall–Kier alpha value is -4.31. The van der Waals surface area contributed by atoms with Crippen molar-refractivity contribution in [3.8, 4) is 6.19 Å². The van der Waals surface area contributed by atoms with Gasteiger partial charge in [0.15, 0.2) is 6.19 Å². The van der Waals surface area contributed by atoms with Gasteiger partial charge in [-0.1, -0.05) is 48.7 Å². The smallest absolute Gasteiger partial charge is 0.410 e. The molecule has 1 aliphatic carbocycles. The number of nitriles is 1. The van der Waals surface area contributed by atoms with Crippen molar-refractivity contribution >= 4 is 41.5 Å². The van der Waals surface area contributed by atoms with E-state index in [9.17, 15) is 24.0 Å². The summed E-state index contributed by atoms with van der Waals surface area (Å²) in [7, 11) is 0. The van der Waals surface area contributed by atoms with Crippen molar-refractivity contribution in [1.29, 1.82) is 5.26 Å². The predicted molar refractivity (Wildman–Crippen MR) is 169 cm³/mol. The number of nitrogens with one attached hydrogen (secondary N) is 3. The maximum atomic E-state index is 14.2. The second kappa shape index (κ2) is 13.8. The maximum absolute atomic E-state index is 14.2.